The molecule has 2 aromatic rings. The number of aromatic nitrogens is 2. The van der Waals surface area contributed by atoms with Gasteiger partial charge < -0.3 is 10.8 Å². The summed E-state index contributed by atoms with van der Waals surface area (Å²) in [5, 5.41) is 10.3. The molecule has 0 aliphatic carbocycles. The van der Waals surface area contributed by atoms with E-state index in [9.17, 15) is 5.11 Å². The summed E-state index contributed by atoms with van der Waals surface area (Å²) in [7, 11) is 0. The lowest BCUT2D eigenvalue weighted by Gasteiger charge is -2.20. The lowest BCUT2D eigenvalue weighted by molar-refractivity contribution is 0.138. The fraction of sp³-hybridized carbons (Fsp3) is 0.231. The first kappa shape index (κ1) is 13.1. The maximum Gasteiger partial charge on any atom is 0.157 e. The van der Waals surface area contributed by atoms with Gasteiger partial charge in [-0.15, -0.1) is 0 Å². The van der Waals surface area contributed by atoms with E-state index in [2.05, 4.69) is 25.9 Å². The van der Waals surface area contributed by atoms with Crippen LogP contribution in [0.3, 0.4) is 0 Å². The van der Waals surface area contributed by atoms with E-state index in [0.29, 0.717) is 12.4 Å². The van der Waals surface area contributed by atoms with E-state index in [1.54, 1.807) is 18.5 Å². The second-order valence-corrected chi connectivity index (χ2v) is 4.86. The Labute approximate surface area is 114 Å². The van der Waals surface area contributed by atoms with Crippen molar-refractivity contribution < 1.29 is 5.11 Å². The van der Waals surface area contributed by atoms with Gasteiger partial charge in [-0.1, -0.05) is 28.1 Å². The highest BCUT2D eigenvalue weighted by molar-refractivity contribution is 9.10. The van der Waals surface area contributed by atoms with Crippen LogP contribution >= 0.6 is 15.9 Å². The number of hydrogen-bond donors (Lipinski definition) is 2. The van der Waals surface area contributed by atoms with E-state index in [1.165, 1.54) is 0 Å². The minimum atomic E-state index is -0.794. The minimum absolute atomic E-state index is 0.208. The highest BCUT2D eigenvalue weighted by atomic mass is 79.9. The fourth-order valence-corrected chi connectivity index (χ4v) is 2.06. The highest BCUT2D eigenvalue weighted by Gasteiger charge is 2.23. The quantitative estimate of drug-likeness (QED) is 0.906. The first-order chi connectivity index (χ1) is 8.72. The van der Waals surface area contributed by atoms with Gasteiger partial charge in [-0.05, 0) is 23.8 Å². The second-order valence-electron chi connectivity index (χ2n) is 3.95. The smallest absolute Gasteiger partial charge is 0.157 e. The molecule has 2 unspecified atom stereocenters. The molecule has 0 saturated heterocycles. The Hall–Kier alpha value is -1.30. The maximum absolute atomic E-state index is 10.3. The van der Waals surface area contributed by atoms with Gasteiger partial charge in [0, 0.05) is 29.3 Å². The molecule has 0 aliphatic rings. The first-order valence-electron chi connectivity index (χ1n) is 5.63. The number of hydrogen-bond acceptors (Lipinski definition) is 4. The molecule has 0 spiro atoms. The van der Waals surface area contributed by atoms with Gasteiger partial charge in [0.1, 0.15) is 6.10 Å². The average molecular weight is 308 g/mol. The third-order valence-electron chi connectivity index (χ3n) is 2.78. The summed E-state index contributed by atoms with van der Waals surface area (Å²) in [4.78, 5) is 8.13. The molecule has 18 heavy (non-hydrogen) atoms. The molecule has 5 heteroatoms. The van der Waals surface area contributed by atoms with Crippen molar-refractivity contribution in [1.82, 2.24) is 9.97 Å². The maximum atomic E-state index is 10.3. The molecule has 3 N–H and O–H groups in total. The number of halogens is 1. The van der Waals surface area contributed by atoms with Gasteiger partial charge in [0.2, 0.25) is 0 Å². The Kier molecular flexibility index (Phi) is 4.41. The molecule has 94 valence electrons. The highest BCUT2D eigenvalue weighted by Crippen LogP contribution is 2.28. The average Bonchev–Trinajstić information content (AvgIpc) is 2.42. The predicted molar refractivity (Wildman–Crippen MR) is 72.9 cm³/mol. The number of nitrogens with zero attached hydrogens (tertiary/aromatic N) is 2. The number of nitrogens with two attached hydrogens (primary N) is 1. The summed E-state index contributed by atoms with van der Waals surface area (Å²) in [6.07, 6.45) is 2.43. The lowest BCUT2D eigenvalue weighted by Crippen LogP contribution is -2.21. The predicted octanol–water partition coefficient (Wildman–Crippen LogP) is 2.01. The Morgan fingerprint density at radius 2 is 1.78 bits per heavy atom. The molecular formula is C13H14BrN3O. The summed E-state index contributed by atoms with van der Waals surface area (Å²) in [5.74, 6) is 0.191. The normalized spacial score (nSPS) is 14.2. The van der Waals surface area contributed by atoms with Gasteiger partial charge >= 0.3 is 0 Å². The minimum Gasteiger partial charge on any atom is -0.384 e. The van der Waals surface area contributed by atoms with Crippen LogP contribution in [0.2, 0.25) is 0 Å². The standard InChI is InChI=1S/C13H14BrN3O/c14-10-4-2-9(3-5-10)11(8-15)12(18)13-16-6-1-7-17-13/h1-7,11-12,18H,8,15H2. The van der Waals surface area contributed by atoms with Crippen LogP contribution in [0.1, 0.15) is 23.4 Å². The van der Waals surface area contributed by atoms with Crippen LogP contribution < -0.4 is 5.73 Å². The molecule has 1 aromatic carbocycles. The Balaban J connectivity index is 2.26. The summed E-state index contributed by atoms with van der Waals surface area (Å²) in [5.41, 5.74) is 6.73. The zero-order valence-electron chi connectivity index (χ0n) is 9.70. The van der Waals surface area contributed by atoms with Gasteiger partial charge in [-0.3, -0.25) is 0 Å². The number of benzene rings is 1. The number of aliphatic hydroxyl groups excluding tert-OH is 1. The number of rotatable bonds is 4. The molecule has 1 heterocycles. The second kappa shape index (κ2) is 6.04. The molecule has 0 amide bonds. The van der Waals surface area contributed by atoms with Crippen LogP contribution in [0, 0.1) is 0 Å². The van der Waals surface area contributed by atoms with E-state index in [-0.39, 0.29) is 5.92 Å². The van der Waals surface area contributed by atoms with Crippen molar-refractivity contribution in [2.45, 2.75) is 12.0 Å². The van der Waals surface area contributed by atoms with E-state index >= 15 is 0 Å². The zero-order valence-corrected chi connectivity index (χ0v) is 11.3. The first-order valence-corrected chi connectivity index (χ1v) is 6.42. The van der Waals surface area contributed by atoms with Crippen molar-refractivity contribution in [2.24, 2.45) is 5.73 Å². The van der Waals surface area contributed by atoms with Gasteiger partial charge in [-0.25, -0.2) is 9.97 Å². The van der Waals surface area contributed by atoms with Crippen LogP contribution in [-0.2, 0) is 0 Å². The molecule has 1 aromatic heterocycles. The van der Waals surface area contributed by atoms with E-state index < -0.39 is 6.10 Å². The van der Waals surface area contributed by atoms with Crippen molar-refractivity contribution in [1.29, 1.82) is 0 Å². The van der Waals surface area contributed by atoms with Gasteiger partial charge in [0.15, 0.2) is 5.82 Å². The molecule has 0 bridgehead atoms. The Bertz CT molecular complexity index is 489. The van der Waals surface area contributed by atoms with Gasteiger partial charge in [0.05, 0.1) is 0 Å². The van der Waals surface area contributed by atoms with Gasteiger partial charge in [0.25, 0.3) is 0 Å². The molecular weight excluding hydrogens is 294 g/mol. The van der Waals surface area contributed by atoms with Crippen LogP contribution in [0.5, 0.6) is 0 Å². The molecule has 0 radical (unpaired) electrons. The van der Waals surface area contributed by atoms with E-state index in [1.807, 2.05) is 24.3 Å². The SMILES string of the molecule is NCC(c1ccc(Br)cc1)C(O)c1ncccn1. The monoisotopic (exact) mass is 307 g/mol. The summed E-state index contributed by atoms with van der Waals surface area (Å²) in [6, 6.07) is 9.45. The third-order valence-corrected chi connectivity index (χ3v) is 3.31. The van der Waals surface area contributed by atoms with Crippen molar-refractivity contribution in [3.8, 4) is 0 Å². The molecule has 0 fully saturated rings. The topological polar surface area (TPSA) is 72.0 Å². The zero-order chi connectivity index (χ0) is 13.0. The summed E-state index contributed by atoms with van der Waals surface area (Å²) >= 11 is 3.38. The van der Waals surface area contributed by atoms with Crippen LogP contribution in [0.25, 0.3) is 0 Å². The van der Waals surface area contributed by atoms with Crippen molar-refractivity contribution >= 4 is 15.9 Å². The van der Waals surface area contributed by atoms with Crippen molar-refractivity contribution in [2.75, 3.05) is 6.54 Å². The summed E-state index contributed by atoms with van der Waals surface area (Å²) in [6.45, 7) is 0.334. The lowest BCUT2D eigenvalue weighted by atomic mass is 9.93. The van der Waals surface area contributed by atoms with Crippen molar-refractivity contribution in [3.63, 3.8) is 0 Å². The van der Waals surface area contributed by atoms with Gasteiger partial charge in [-0.2, -0.15) is 0 Å². The number of aliphatic hydroxyl groups is 1. The Morgan fingerprint density at radius 3 is 2.33 bits per heavy atom. The fourth-order valence-electron chi connectivity index (χ4n) is 1.80. The van der Waals surface area contributed by atoms with E-state index in [0.717, 1.165) is 10.0 Å². The molecule has 2 atom stereocenters. The third kappa shape index (κ3) is 2.93. The van der Waals surface area contributed by atoms with Crippen LogP contribution in [0.4, 0.5) is 0 Å². The van der Waals surface area contributed by atoms with Crippen LogP contribution in [-0.4, -0.2) is 21.6 Å². The van der Waals surface area contributed by atoms with Crippen molar-refractivity contribution in [3.05, 3.63) is 58.6 Å². The molecule has 0 aliphatic heterocycles. The van der Waals surface area contributed by atoms with Crippen LogP contribution in [0.15, 0.2) is 47.2 Å². The molecule has 2 rings (SSSR count). The summed E-state index contributed by atoms with van der Waals surface area (Å²) < 4.78 is 0.993. The Morgan fingerprint density at radius 1 is 1.17 bits per heavy atom. The molecule has 4 nitrogen and oxygen atoms in total. The largest absolute Gasteiger partial charge is 0.384 e. The van der Waals surface area contributed by atoms with E-state index in [4.69, 9.17) is 5.73 Å². The molecule has 0 saturated carbocycles.